The zero-order valence-corrected chi connectivity index (χ0v) is 23.1. The van der Waals surface area contributed by atoms with E-state index in [9.17, 15) is 9.59 Å². The molecule has 1 atom stereocenters. The highest BCUT2D eigenvalue weighted by Gasteiger charge is 2.30. The summed E-state index contributed by atoms with van der Waals surface area (Å²) in [6.07, 6.45) is 0.434. The molecule has 184 valence electrons. The first-order chi connectivity index (χ1) is 16.8. The van der Waals surface area contributed by atoms with Crippen molar-refractivity contribution >= 4 is 51.1 Å². The zero-order valence-electron chi connectivity index (χ0n) is 19.9. The minimum atomic E-state index is -0.639. The van der Waals surface area contributed by atoms with Crippen LogP contribution in [0.25, 0.3) is 0 Å². The van der Waals surface area contributed by atoms with Gasteiger partial charge in [0.1, 0.15) is 6.04 Å². The molecule has 1 unspecified atom stereocenters. The molecule has 0 aromatic heterocycles. The predicted octanol–water partition coefficient (Wildman–Crippen LogP) is 6.50. The molecule has 0 aliphatic heterocycles. The molecule has 4 nitrogen and oxygen atoms in total. The molecule has 0 radical (unpaired) electrons. The second kappa shape index (κ2) is 13.7. The first-order valence-corrected chi connectivity index (χ1v) is 13.8. The van der Waals surface area contributed by atoms with E-state index in [1.165, 1.54) is 0 Å². The van der Waals surface area contributed by atoms with E-state index in [0.717, 1.165) is 21.2 Å². The molecule has 0 spiro atoms. The van der Waals surface area contributed by atoms with Gasteiger partial charge < -0.3 is 10.2 Å². The van der Waals surface area contributed by atoms with Gasteiger partial charge in [-0.2, -0.15) is 0 Å². The van der Waals surface area contributed by atoms with E-state index in [-0.39, 0.29) is 23.6 Å². The third kappa shape index (κ3) is 9.02. The lowest BCUT2D eigenvalue weighted by molar-refractivity contribution is -0.139. The molecule has 0 bridgehead atoms. The summed E-state index contributed by atoms with van der Waals surface area (Å²) in [6, 6.07) is 24.7. The summed E-state index contributed by atoms with van der Waals surface area (Å²) in [4.78, 5) is 28.6. The summed E-state index contributed by atoms with van der Waals surface area (Å²) in [5, 5.41) is 3.62. The number of benzene rings is 3. The highest BCUT2D eigenvalue weighted by molar-refractivity contribution is 9.10. The fourth-order valence-corrected chi connectivity index (χ4v) is 5.03. The number of hydrogen-bond acceptors (Lipinski definition) is 3. The second-order valence-electron chi connectivity index (χ2n) is 8.64. The van der Waals surface area contributed by atoms with Crippen molar-refractivity contribution in [1.29, 1.82) is 0 Å². The van der Waals surface area contributed by atoms with Crippen molar-refractivity contribution in [1.82, 2.24) is 10.2 Å². The molecule has 3 aromatic rings. The Morgan fingerprint density at radius 3 is 2.29 bits per heavy atom. The van der Waals surface area contributed by atoms with E-state index >= 15 is 0 Å². The summed E-state index contributed by atoms with van der Waals surface area (Å²) in [6.45, 7) is 4.16. The van der Waals surface area contributed by atoms with Gasteiger partial charge in [-0.1, -0.05) is 82.1 Å². The Hall–Kier alpha value is -2.28. The third-order valence-corrected chi connectivity index (χ3v) is 7.10. The quantitative estimate of drug-likeness (QED) is 0.285. The Morgan fingerprint density at radius 2 is 1.63 bits per heavy atom. The van der Waals surface area contributed by atoms with Gasteiger partial charge in [0.15, 0.2) is 0 Å². The van der Waals surface area contributed by atoms with Crippen LogP contribution in [0.2, 0.25) is 5.02 Å². The molecule has 0 fully saturated rings. The average Bonchev–Trinajstić information content (AvgIpc) is 2.82. The largest absolute Gasteiger partial charge is 0.352 e. The normalized spacial score (nSPS) is 11.8. The first kappa shape index (κ1) is 27.3. The van der Waals surface area contributed by atoms with Crippen LogP contribution in [0.5, 0.6) is 0 Å². The number of thioether (sulfide) groups is 1. The van der Waals surface area contributed by atoms with Crippen LogP contribution in [0, 0.1) is 0 Å². The van der Waals surface area contributed by atoms with Crippen molar-refractivity contribution in [3.05, 3.63) is 105 Å². The molecule has 0 heterocycles. The lowest BCUT2D eigenvalue weighted by Gasteiger charge is -2.32. The van der Waals surface area contributed by atoms with Crippen LogP contribution >= 0.6 is 39.3 Å². The maximum Gasteiger partial charge on any atom is 0.243 e. The van der Waals surface area contributed by atoms with E-state index in [1.54, 1.807) is 22.7 Å². The van der Waals surface area contributed by atoms with Gasteiger partial charge in [0.2, 0.25) is 11.8 Å². The number of halogens is 2. The van der Waals surface area contributed by atoms with Crippen LogP contribution in [0.1, 0.15) is 30.5 Å². The summed E-state index contributed by atoms with van der Waals surface area (Å²) >= 11 is 11.2. The van der Waals surface area contributed by atoms with Gasteiger partial charge >= 0.3 is 0 Å². The van der Waals surface area contributed by atoms with Crippen molar-refractivity contribution in [2.75, 3.05) is 5.75 Å². The van der Waals surface area contributed by atoms with Crippen molar-refractivity contribution in [3.63, 3.8) is 0 Å². The smallest absolute Gasteiger partial charge is 0.243 e. The van der Waals surface area contributed by atoms with Gasteiger partial charge in [0.25, 0.3) is 0 Å². The van der Waals surface area contributed by atoms with Crippen molar-refractivity contribution in [3.8, 4) is 0 Å². The Kier molecular flexibility index (Phi) is 10.7. The fraction of sp³-hybridized carbons (Fsp3) is 0.286. The highest BCUT2D eigenvalue weighted by atomic mass is 79.9. The van der Waals surface area contributed by atoms with Crippen LogP contribution in [0.4, 0.5) is 0 Å². The molecule has 0 aliphatic carbocycles. The van der Waals surface area contributed by atoms with Crippen LogP contribution in [-0.2, 0) is 28.3 Å². The summed E-state index contributed by atoms with van der Waals surface area (Å²) in [5.74, 6) is 0.756. The fourth-order valence-electron chi connectivity index (χ4n) is 3.69. The average molecular weight is 574 g/mol. The van der Waals surface area contributed by atoms with Gasteiger partial charge in [-0.05, 0) is 54.8 Å². The van der Waals surface area contributed by atoms with E-state index < -0.39 is 6.04 Å². The molecule has 2 amide bonds. The van der Waals surface area contributed by atoms with Gasteiger partial charge in [-0.25, -0.2) is 0 Å². The SMILES string of the molecule is CC(C)NC(=O)C(Cc1ccccc1)N(Cc1cccc(Cl)c1)C(=O)CSCc1ccc(Br)cc1. The third-order valence-electron chi connectivity index (χ3n) is 5.35. The lowest BCUT2D eigenvalue weighted by atomic mass is 10.0. The molecule has 0 saturated carbocycles. The van der Waals surface area contributed by atoms with Gasteiger partial charge in [0, 0.05) is 34.3 Å². The van der Waals surface area contributed by atoms with Gasteiger partial charge in [-0.15, -0.1) is 11.8 Å². The standard InChI is InChI=1S/C28H30BrClN2O2S/c1-20(2)31-28(34)26(16-21-7-4-3-5-8-21)32(17-23-9-6-10-25(30)15-23)27(33)19-35-18-22-11-13-24(29)14-12-22/h3-15,20,26H,16-19H2,1-2H3,(H,31,34). The van der Waals surface area contributed by atoms with E-state index in [0.29, 0.717) is 23.7 Å². The number of nitrogens with zero attached hydrogens (tertiary/aromatic N) is 1. The summed E-state index contributed by atoms with van der Waals surface area (Å²) in [5.41, 5.74) is 3.03. The Bertz CT molecular complexity index is 1110. The maximum atomic E-state index is 13.6. The molecular formula is C28H30BrClN2O2S. The van der Waals surface area contributed by atoms with Gasteiger partial charge in [0.05, 0.1) is 5.75 Å². The molecule has 0 saturated heterocycles. The number of hydrogen-bond donors (Lipinski definition) is 1. The van der Waals surface area contributed by atoms with E-state index in [2.05, 4.69) is 21.2 Å². The Balaban J connectivity index is 1.84. The topological polar surface area (TPSA) is 49.4 Å². The maximum absolute atomic E-state index is 13.6. The monoisotopic (exact) mass is 572 g/mol. The number of carbonyl (C=O) groups excluding carboxylic acids is 2. The lowest BCUT2D eigenvalue weighted by Crippen LogP contribution is -2.52. The Morgan fingerprint density at radius 1 is 0.943 bits per heavy atom. The number of carbonyl (C=O) groups is 2. The molecular weight excluding hydrogens is 544 g/mol. The minimum Gasteiger partial charge on any atom is -0.352 e. The van der Waals surface area contributed by atoms with E-state index in [1.807, 2.05) is 86.6 Å². The molecule has 3 aromatic carbocycles. The second-order valence-corrected chi connectivity index (χ2v) is 11.0. The van der Waals surface area contributed by atoms with Crippen LogP contribution in [0.3, 0.4) is 0 Å². The highest BCUT2D eigenvalue weighted by Crippen LogP contribution is 2.21. The summed E-state index contributed by atoms with van der Waals surface area (Å²) in [7, 11) is 0. The first-order valence-electron chi connectivity index (χ1n) is 11.5. The molecule has 7 heteroatoms. The molecule has 35 heavy (non-hydrogen) atoms. The number of amides is 2. The minimum absolute atomic E-state index is 0.0318. The molecule has 1 N–H and O–H groups in total. The van der Waals surface area contributed by atoms with Crippen molar-refractivity contribution in [2.45, 2.75) is 44.6 Å². The molecule has 0 aliphatic rings. The van der Waals surface area contributed by atoms with Crippen LogP contribution in [-0.4, -0.2) is 34.6 Å². The summed E-state index contributed by atoms with van der Waals surface area (Å²) < 4.78 is 1.02. The van der Waals surface area contributed by atoms with Crippen LogP contribution < -0.4 is 5.32 Å². The number of nitrogens with one attached hydrogen (secondary N) is 1. The van der Waals surface area contributed by atoms with Crippen molar-refractivity contribution in [2.24, 2.45) is 0 Å². The van der Waals surface area contributed by atoms with Crippen LogP contribution in [0.15, 0.2) is 83.3 Å². The van der Waals surface area contributed by atoms with Gasteiger partial charge in [-0.3, -0.25) is 9.59 Å². The molecule has 3 rings (SSSR count). The zero-order chi connectivity index (χ0) is 25.2. The predicted molar refractivity (Wildman–Crippen MR) is 150 cm³/mol. The Labute approximate surface area is 225 Å². The van der Waals surface area contributed by atoms with E-state index in [4.69, 9.17) is 11.6 Å². The van der Waals surface area contributed by atoms with Crippen molar-refractivity contribution < 1.29 is 9.59 Å². The number of rotatable bonds is 11.